The monoisotopic (exact) mass is 377 g/mol. The molecule has 28 heavy (non-hydrogen) atoms. The molecule has 5 heteroatoms. The van der Waals surface area contributed by atoms with E-state index in [4.69, 9.17) is 9.47 Å². The fourth-order valence-corrected chi connectivity index (χ4v) is 3.23. The van der Waals surface area contributed by atoms with Gasteiger partial charge in [-0.05, 0) is 42.0 Å². The first kappa shape index (κ1) is 18.2. The summed E-state index contributed by atoms with van der Waals surface area (Å²) in [6, 6.07) is 22.8. The largest absolute Gasteiger partial charge is 0.457 e. The highest BCUT2D eigenvalue weighted by molar-refractivity contribution is 5.97. The molecule has 1 aliphatic heterocycles. The Balaban J connectivity index is 1.53. The minimum absolute atomic E-state index is 0.109. The highest BCUT2D eigenvalue weighted by Crippen LogP contribution is 2.28. The third kappa shape index (κ3) is 4.05. The van der Waals surface area contributed by atoms with Crippen LogP contribution in [0.1, 0.15) is 22.0 Å². The lowest BCUT2D eigenvalue weighted by molar-refractivity contribution is -0.0229. The van der Waals surface area contributed by atoms with E-state index in [1.807, 2.05) is 42.5 Å². The zero-order valence-electron chi connectivity index (χ0n) is 15.3. The summed E-state index contributed by atoms with van der Waals surface area (Å²) < 4.78 is 24.9. The van der Waals surface area contributed by atoms with Gasteiger partial charge in [0.15, 0.2) is 0 Å². The predicted molar refractivity (Wildman–Crippen MR) is 104 cm³/mol. The molecule has 1 saturated heterocycles. The number of ether oxygens (including phenoxy) is 2. The summed E-state index contributed by atoms with van der Waals surface area (Å²) in [5.74, 6) is 0.791. The average Bonchev–Trinajstić information content (AvgIpc) is 2.75. The molecule has 1 fully saturated rings. The number of para-hydroxylation sites is 2. The molecule has 1 aliphatic rings. The van der Waals surface area contributed by atoms with Crippen LogP contribution >= 0.6 is 0 Å². The smallest absolute Gasteiger partial charge is 0.257 e. The van der Waals surface area contributed by atoms with Crippen LogP contribution in [-0.2, 0) is 4.74 Å². The molecule has 1 amide bonds. The summed E-state index contributed by atoms with van der Waals surface area (Å²) in [7, 11) is 0. The summed E-state index contributed by atoms with van der Waals surface area (Å²) in [6.45, 7) is 1.33. The van der Waals surface area contributed by atoms with Crippen molar-refractivity contribution in [1.29, 1.82) is 0 Å². The van der Waals surface area contributed by atoms with E-state index in [0.29, 0.717) is 36.8 Å². The number of rotatable bonds is 4. The predicted octanol–water partition coefficient (Wildman–Crippen LogP) is 4.83. The van der Waals surface area contributed by atoms with Crippen LogP contribution in [0.4, 0.5) is 4.39 Å². The lowest BCUT2D eigenvalue weighted by atomic mass is 10.1. The van der Waals surface area contributed by atoms with Gasteiger partial charge in [0.25, 0.3) is 5.91 Å². The first-order chi connectivity index (χ1) is 13.7. The lowest BCUT2D eigenvalue weighted by Gasteiger charge is -2.33. The molecule has 0 saturated carbocycles. The third-order valence-electron chi connectivity index (χ3n) is 4.68. The Morgan fingerprint density at radius 2 is 1.68 bits per heavy atom. The van der Waals surface area contributed by atoms with Crippen LogP contribution in [0, 0.1) is 5.82 Å². The van der Waals surface area contributed by atoms with Crippen molar-refractivity contribution in [3.05, 3.63) is 95.8 Å². The van der Waals surface area contributed by atoms with Gasteiger partial charge in [0.1, 0.15) is 23.4 Å². The number of hydrogen-bond donors (Lipinski definition) is 0. The summed E-state index contributed by atoms with van der Waals surface area (Å²) >= 11 is 0. The number of halogens is 1. The Morgan fingerprint density at radius 3 is 2.46 bits per heavy atom. The van der Waals surface area contributed by atoms with E-state index in [2.05, 4.69) is 0 Å². The molecule has 0 aliphatic carbocycles. The molecule has 0 radical (unpaired) electrons. The highest BCUT2D eigenvalue weighted by Gasteiger charge is 2.27. The van der Waals surface area contributed by atoms with E-state index >= 15 is 0 Å². The van der Waals surface area contributed by atoms with Crippen LogP contribution in [0.25, 0.3) is 0 Å². The Kier molecular flexibility index (Phi) is 5.35. The molecule has 3 aromatic rings. The van der Waals surface area contributed by atoms with E-state index in [-0.39, 0.29) is 17.8 Å². The molecule has 0 bridgehead atoms. The topological polar surface area (TPSA) is 38.8 Å². The number of morpholine rings is 1. The lowest BCUT2D eigenvalue weighted by Crippen LogP contribution is -2.42. The van der Waals surface area contributed by atoms with Crippen LogP contribution in [-0.4, -0.2) is 30.5 Å². The minimum Gasteiger partial charge on any atom is -0.457 e. The standard InChI is InChI=1S/C23H20FNO3/c24-18-12-10-17(11-13-18)22-16-25(14-15-27-22)23(26)20-8-4-5-9-21(20)28-19-6-2-1-3-7-19/h1-13,22H,14-16H2. The molecule has 142 valence electrons. The van der Waals surface area contributed by atoms with Gasteiger partial charge in [-0.15, -0.1) is 0 Å². The van der Waals surface area contributed by atoms with E-state index in [1.54, 1.807) is 29.2 Å². The van der Waals surface area contributed by atoms with Gasteiger partial charge in [-0.2, -0.15) is 0 Å². The second kappa shape index (κ2) is 8.23. The molecule has 1 unspecified atom stereocenters. The van der Waals surface area contributed by atoms with Crippen molar-refractivity contribution < 1.29 is 18.7 Å². The van der Waals surface area contributed by atoms with Gasteiger partial charge in [0.05, 0.1) is 18.7 Å². The van der Waals surface area contributed by atoms with Crippen molar-refractivity contribution in [3.63, 3.8) is 0 Å². The van der Waals surface area contributed by atoms with E-state index in [0.717, 1.165) is 5.56 Å². The molecule has 0 N–H and O–H groups in total. The fourth-order valence-electron chi connectivity index (χ4n) is 3.23. The highest BCUT2D eigenvalue weighted by atomic mass is 19.1. The van der Waals surface area contributed by atoms with Crippen LogP contribution in [0.5, 0.6) is 11.5 Å². The Bertz CT molecular complexity index is 944. The van der Waals surface area contributed by atoms with Crippen molar-refractivity contribution in [2.24, 2.45) is 0 Å². The van der Waals surface area contributed by atoms with Gasteiger partial charge >= 0.3 is 0 Å². The van der Waals surface area contributed by atoms with Gasteiger partial charge in [0, 0.05) is 6.54 Å². The molecule has 0 aromatic heterocycles. The zero-order valence-corrected chi connectivity index (χ0v) is 15.3. The van der Waals surface area contributed by atoms with E-state index in [1.165, 1.54) is 12.1 Å². The number of hydrogen-bond acceptors (Lipinski definition) is 3. The zero-order chi connectivity index (χ0) is 19.3. The molecule has 1 heterocycles. The fraction of sp³-hybridized carbons (Fsp3) is 0.174. The van der Waals surface area contributed by atoms with Gasteiger partial charge < -0.3 is 14.4 Å². The summed E-state index contributed by atoms with van der Waals surface area (Å²) in [6.07, 6.45) is -0.277. The third-order valence-corrected chi connectivity index (χ3v) is 4.68. The van der Waals surface area contributed by atoms with Crippen molar-refractivity contribution in [3.8, 4) is 11.5 Å². The Labute approximate surface area is 163 Å². The SMILES string of the molecule is O=C(c1ccccc1Oc1ccccc1)N1CCOC(c2ccc(F)cc2)C1. The second-order valence-corrected chi connectivity index (χ2v) is 6.57. The van der Waals surface area contributed by atoms with Gasteiger partial charge in [-0.1, -0.05) is 42.5 Å². The maximum Gasteiger partial charge on any atom is 0.257 e. The first-order valence-corrected chi connectivity index (χ1v) is 9.19. The number of nitrogens with zero attached hydrogens (tertiary/aromatic N) is 1. The molecule has 3 aromatic carbocycles. The maximum absolute atomic E-state index is 13.2. The quantitative estimate of drug-likeness (QED) is 0.654. The van der Waals surface area contributed by atoms with Crippen LogP contribution in [0.3, 0.4) is 0 Å². The number of carbonyl (C=O) groups is 1. The van der Waals surface area contributed by atoms with Gasteiger partial charge in [0.2, 0.25) is 0 Å². The molecule has 4 nitrogen and oxygen atoms in total. The Hall–Kier alpha value is -3.18. The summed E-state index contributed by atoms with van der Waals surface area (Å²) in [4.78, 5) is 14.9. The summed E-state index contributed by atoms with van der Waals surface area (Å²) in [5.41, 5.74) is 1.36. The number of amides is 1. The van der Waals surface area contributed by atoms with Gasteiger partial charge in [-0.3, -0.25) is 4.79 Å². The first-order valence-electron chi connectivity index (χ1n) is 9.19. The Morgan fingerprint density at radius 1 is 0.964 bits per heavy atom. The van der Waals surface area contributed by atoms with Crippen molar-refractivity contribution in [2.45, 2.75) is 6.10 Å². The number of benzene rings is 3. The van der Waals surface area contributed by atoms with Gasteiger partial charge in [-0.25, -0.2) is 4.39 Å². The van der Waals surface area contributed by atoms with Crippen molar-refractivity contribution >= 4 is 5.91 Å². The minimum atomic E-state index is -0.292. The average molecular weight is 377 g/mol. The molecule has 4 rings (SSSR count). The second-order valence-electron chi connectivity index (χ2n) is 6.57. The van der Waals surface area contributed by atoms with E-state index in [9.17, 15) is 9.18 Å². The van der Waals surface area contributed by atoms with E-state index < -0.39 is 0 Å². The van der Waals surface area contributed by atoms with Crippen molar-refractivity contribution in [1.82, 2.24) is 4.90 Å². The maximum atomic E-state index is 13.2. The van der Waals surface area contributed by atoms with Crippen molar-refractivity contribution in [2.75, 3.05) is 19.7 Å². The van der Waals surface area contributed by atoms with Crippen LogP contribution in [0.15, 0.2) is 78.9 Å². The van der Waals surface area contributed by atoms with Crippen LogP contribution < -0.4 is 4.74 Å². The summed E-state index contributed by atoms with van der Waals surface area (Å²) in [5, 5.41) is 0. The molecule has 0 spiro atoms. The number of carbonyl (C=O) groups excluding carboxylic acids is 1. The molecular weight excluding hydrogens is 357 g/mol. The molecule has 1 atom stereocenters. The molecular formula is C23H20FNO3. The van der Waals surface area contributed by atoms with Crippen LogP contribution in [0.2, 0.25) is 0 Å². The normalized spacial score (nSPS) is 16.6.